The number of halogens is 1. The predicted octanol–water partition coefficient (Wildman–Crippen LogP) is 3.44. The summed E-state index contributed by atoms with van der Waals surface area (Å²) in [5.74, 6) is 0.916. The quantitative estimate of drug-likeness (QED) is 0.756. The molecule has 0 saturated heterocycles. The summed E-state index contributed by atoms with van der Waals surface area (Å²) in [4.78, 5) is 11.9. The lowest BCUT2D eigenvalue weighted by molar-refractivity contribution is 0.0923. The highest BCUT2D eigenvalue weighted by atomic mass is 79.9. The molecule has 5 nitrogen and oxygen atoms in total. The van der Waals surface area contributed by atoms with E-state index < -0.39 is 0 Å². The summed E-state index contributed by atoms with van der Waals surface area (Å²) < 4.78 is 13.1. The number of fused-ring (bicyclic) bond motifs is 1. The number of nitrogens with zero attached hydrogens (tertiary/aromatic N) is 1. The topological polar surface area (TPSA) is 56.4 Å². The molecular weight excluding hydrogens is 348 g/mol. The molecule has 0 aliphatic heterocycles. The van der Waals surface area contributed by atoms with Crippen LogP contribution in [0.15, 0.2) is 51.7 Å². The fraction of sp³-hybridized carbons (Fsp3) is 0.188. The molecule has 22 heavy (non-hydrogen) atoms. The van der Waals surface area contributed by atoms with E-state index in [2.05, 4.69) is 25.8 Å². The lowest BCUT2D eigenvalue weighted by atomic mass is 10.2. The number of furan rings is 1. The van der Waals surface area contributed by atoms with E-state index in [9.17, 15) is 4.79 Å². The molecule has 3 rings (SSSR count). The van der Waals surface area contributed by atoms with Gasteiger partial charge < -0.3 is 19.0 Å². The molecule has 1 amide bonds. The first-order valence-corrected chi connectivity index (χ1v) is 7.63. The molecule has 1 N–H and O–H groups in total. The van der Waals surface area contributed by atoms with Crippen LogP contribution < -0.4 is 10.1 Å². The number of nitrogens with one attached hydrogen (secondary N) is 1. The van der Waals surface area contributed by atoms with Crippen LogP contribution in [0.1, 0.15) is 10.6 Å². The van der Waals surface area contributed by atoms with Gasteiger partial charge in [-0.3, -0.25) is 4.79 Å². The van der Waals surface area contributed by atoms with E-state index >= 15 is 0 Å². The van der Waals surface area contributed by atoms with Crippen molar-refractivity contribution in [2.24, 2.45) is 0 Å². The van der Waals surface area contributed by atoms with Crippen LogP contribution in [0.25, 0.3) is 10.9 Å². The van der Waals surface area contributed by atoms with Crippen LogP contribution in [-0.4, -0.2) is 24.1 Å². The molecule has 3 aromatic rings. The lowest BCUT2D eigenvalue weighted by Gasteiger charge is -2.07. The molecule has 2 aromatic heterocycles. The SMILES string of the molecule is COc1ccc2c(ccn2CCNC(=O)c2ccc(Br)o2)c1. The van der Waals surface area contributed by atoms with E-state index in [-0.39, 0.29) is 5.91 Å². The van der Waals surface area contributed by atoms with Crippen LogP contribution in [0.4, 0.5) is 0 Å². The molecule has 0 fully saturated rings. The maximum atomic E-state index is 11.9. The number of carbonyl (C=O) groups is 1. The minimum absolute atomic E-state index is 0.219. The van der Waals surface area contributed by atoms with Crippen LogP contribution in [0.5, 0.6) is 5.75 Å². The highest BCUT2D eigenvalue weighted by molar-refractivity contribution is 9.10. The van der Waals surface area contributed by atoms with Gasteiger partial charge in [0, 0.05) is 30.2 Å². The van der Waals surface area contributed by atoms with Gasteiger partial charge in [0.05, 0.1) is 7.11 Å². The van der Waals surface area contributed by atoms with Crippen LogP contribution >= 0.6 is 15.9 Å². The van der Waals surface area contributed by atoms with Crippen molar-refractivity contribution in [3.8, 4) is 5.75 Å². The molecule has 0 aliphatic rings. The van der Waals surface area contributed by atoms with Gasteiger partial charge in [-0.15, -0.1) is 0 Å². The zero-order chi connectivity index (χ0) is 15.5. The van der Waals surface area contributed by atoms with E-state index in [0.29, 0.717) is 23.5 Å². The standard InChI is InChI=1S/C16H15BrN2O3/c1-21-12-2-3-13-11(10-12)6-8-19(13)9-7-18-16(20)14-4-5-15(17)22-14/h2-6,8,10H,7,9H2,1H3,(H,18,20). The minimum atomic E-state index is -0.219. The first-order chi connectivity index (χ1) is 10.7. The molecule has 0 saturated carbocycles. The summed E-state index contributed by atoms with van der Waals surface area (Å²) in [5.41, 5.74) is 1.11. The minimum Gasteiger partial charge on any atom is -0.497 e. The second-order valence-electron chi connectivity index (χ2n) is 4.79. The number of ether oxygens (including phenoxy) is 1. The van der Waals surface area contributed by atoms with Gasteiger partial charge in [-0.05, 0) is 52.3 Å². The van der Waals surface area contributed by atoms with Crippen molar-refractivity contribution < 1.29 is 13.9 Å². The van der Waals surface area contributed by atoms with Crippen molar-refractivity contribution in [2.75, 3.05) is 13.7 Å². The van der Waals surface area contributed by atoms with E-state index in [0.717, 1.165) is 16.7 Å². The number of benzene rings is 1. The molecule has 0 aliphatic carbocycles. The zero-order valence-electron chi connectivity index (χ0n) is 12.0. The maximum Gasteiger partial charge on any atom is 0.287 e. The van der Waals surface area contributed by atoms with Gasteiger partial charge in [-0.2, -0.15) is 0 Å². The van der Waals surface area contributed by atoms with Gasteiger partial charge in [0.25, 0.3) is 5.91 Å². The molecule has 6 heteroatoms. The number of hydrogen-bond acceptors (Lipinski definition) is 3. The molecular formula is C16H15BrN2O3. The summed E-state index contributed by atoms with van der Waals surface area (Å²) >= 11 is 3.18. The fourth-order valence-corrected chi connectivity index (χ4v) is 2.62. The van der Waals surface area contributed by atoms with Crippen LogP contribution in [0.3, 0.4) is 0 Å². The van der Waals surface area contributed by atoms with Gasteiger partial charge in [0.1, 0.15) is 5.75 Å². The third-order valence-corrected chi connectivity index (χ3v) is 3.84. The van der Waals surface area contributed by atoms with E-state index in [1.54, 1.807) is 19.2 Å². The third-order valence-electron chi connectivity index (χ3n) is 3.41. The molecule has 2 heterocycles. The number of amides is 1. The molecule has 1 aromatic carbocycles. The van der Waals surface area contributed by atoms with Crippen molar-refractivity contribution in [1.29, 1.82) is 0 Å². The zero-order valence-corrected chi connectivity index (χ0v) is 13.6. The predicted molar refractivity (Wildman–Crippen MR) is 87.2 cm³/mol. The third kappa shape index (κ3) is 3.01. The summed E-state index contributed by atoms with van der Waals surface area (Å²) in [6, 6.07) is 11.3. The fourth-order valence-electron chi connectivity index (χ4n) is 2.31. The van der Waals surface area contributed by atoms with Crippen molar-refractivity contribution in [3.05, 3.63) is 53.0 Å². The second-order valence-corrected chi connectivity index (χ2v) is 5.58. The largest absolute Gasteiger partial charge is 0.497 e. The Balaban J connectivity index is 1.63. The normalized spacial score (nSPS) is 10.8. The Bertz CT molecular complexity index is 807. The average molecular weight is 363 g/mol. The van der Waals surface area contributed by atoms with E-state index in [1.165, 1.54) is 0 Å². The average Bonchev–Trinajstić information content (AvgIpc) is 3.13. The van der Waals surface area contributed by atoms with Crippen molar-refractivity contribution in [2.45, 2.75) is 6.54 Å². The monoisotopic (exact) mass is 362 g/mol. The molecule has 0 atom stereocenters. The summed E-state index contributed by atoms with van der Waals surface area (Å²) in [5, 5.41) is 3.95. The number of methoxy groups -OCH3 is 1. The van der Waals surface area contributed by atoms with Crippen molar-refractivity contribution >= 4 is 32.7 Å². The maximum absolute atomic E-state index is 11.9. The van der Waals surface area contributed by atoms with Crippen molar-refractivity contribution in [3.63, 3.8) is 0 Å². The molecule has 114 valence electrons. The van der Waals surface area contributed by atoms with Gasteiger partial charge in [-0.25, -0.2) is 0 Å². The summed E-state index contributed by atoms with van der Waals surface area (Å²) in [6.45, 7) is 1.20. The van der Waals surface area contributed by atoms with Gasteiger partial charge in [0.15, 0.2) is 10.4 Å². The Hall–Kier alpha value is -2.21. The van der Waals surface area contributed by atoms with Gasteiger partial charge in [0.2, 0.25) is 0 Å². The Morgan fingerprint density at radius 3 is 2.91 bits per heavy atom. The van der Waals surface area contributed by atoms with Crippen molar-refractivity contribution in [1.82, 2.24) is 9.88 Å². The molecule has 0 spiro atoms. The van der Waals surface area contributed by atoms with Gasteiger partial charge in [-0.1, -0.05) is 0 Å². The molecule has 0 unspecified atom stereocenters. The number of rotatable bonds is 5. The Kier molecular flexibility index (Phi) is 4.20. The van der Waals surface area contributed by atoms with E-state index in [4.69, 9.17) is 9.15 Å². The number of aromatic nitrogens is 1. The second kappa shape index (κ2) is 6.27. The van der Waals surface area contributed by atoms with Gasteiger partial charge >= 0.3 is 0 Å². The highest BCUT2D eigenvalue weighted by Crippen LogP contribution is 2.21. The number of hydrogen-bond donors (Lipinski definition) is 1. The van der Waals surface area contributed by atoms with E-state index in [1.807, 2.05) is 30.5 Å². The smallest absolute Gasteiger partial charge is 0.287 e. The van der Waals surface area contributed by atoms with Crippen LogP contribution in [-0.2, 0) is 6.54 Å². The Morgan fingerprint density at radius 2 is 2.18 bits per heavy atom. The number of carbonyl (C=O) groups excluding carboxylic acids is 1. The van der Waals surface area contributed by atoms with Crippen LogP contribution in [0, 0.1) is 0 Å². The first kappa shape index (κ1) is 14.7. The van der Waals surface area contributed by atoms with Crippen LogP contribution in [0.2, 0.25) is 0 Å². The first-order valence-electron chi connectivity index (χ1n) is 6.84. The Morgan fingerprint density at radius 1 is 1.32 bits per heavy atom. The summed E-state index contributed by atoms with van der Waals surface area (Å²) in [7, 11) is 1.65. The summed E-state index contributed by atoms with van der Waals surface area (Å²) in [6.07, 6.45) is 2.00. The Labute approximate surface area is 136 Å². The highest BCUT2D eigenvalue weighted by Gasteiger charge is 2.09. The molecule has 0 bridgehead atoms. The lowest BCUT2D eigenvalue weighted by Crippen LogP contribution is -2.26. The molecule has 0 radical (unpaired) electrons.